The standard InChI is InChI=1S/C16H14BrNO2/c1-19-16-8-12(6-7-14(16)10-18)11-20-15-5-3-2-4-13(15)9-17/h2-8H,9,11H2,1H3. The summed E-state index contributed by atoms with van der Waals surface area (Å²) < 4.78 is 11.0. The highest BCUT2D eigenvalue weighted by molar-refractivity contribution is 9.08. The highest BCUT2D eigenvalue weighted by atomic mass is 79.9. The van der Waals surface area contributed by atoms with Crippen molar-refractivity contribution in [3.05, 3.63) is 59.2 Å². The minimum absolute atomic E-state index is 0.437. The van der Waals surface area contributed by atoms with Gasteiger partial charge in [0.25, 0.3) is 0 Å². The van der Waals surface area contributed by atoms with Gasteiger partial charge >= 0.3 is 0 Å². The van der Waals surface area contributed by atoms with E-state index in [2.05, 4.69) is 22.0 Å². The largest absolute Gasteiger partial charge is 0.495 e. The summed E-state index contributed by atoms with van der Waals surface area (Å²) in [5.41, 5.74) is 2.59. The molecule has 0 aliphatic rings. The molecule has 0 aromatic heterocycles. The first-order valence-electron chi connectivity index (χ1n) is 6.12. The van der Waals surface area contributed by atoms with E-state index in [9.17, 15) is 0 Å². The second kappa shape index (κ2) is 6.97. The predicted octanol–water partition coefficient (Wildman–Crippen LogP) is 4.04. The molecule has 0 saturated carbocycles. The fourth-order valence-corrected chi connectivity index (χ4v) is 2.30. The normalized spacial score (nSPS) is 9.85. The zero-order chi connectivity index (χ0) is 14.4. The molecule has 4 heteroatoms. The summed E-state index contributed by atoms with van der Waals surface area (Å²) in [6.07, 6.45) is 0. The molecule has 0 spiro atoms. The van der Waals surface area contributed by atoms with Crippen LogP contribution in [0.3, 0.4) is 0 Å². The lowest BCUT2D eigenvalue weighted by molar-refractivity contribution is 0.303. The van der Waals surface area contributed by atoms with E-state index in [-0.39, 0.29) is 0 Å². The lowest BCUT2D eigenvalue weighted by Crippen LogP contribution is -1.99. The molecule has 0 aliphatic heterocycles. The lowest BCUT2D eigenvalue weighted by atomic mass is 10.1. The van der Waals surface area contributed by atoms with Gasteiger partial charge < -0.3 is 9.47 Å². The van der Waals surface area contributed by atoms with E-state index in [1.807, 2.05) is 36.4 Å². The highest BCUT2D eigenvalue weighted by Gasteiger charge is 2.06. The maximum Gasteiger partial charge on any atom is 0.137 e. The minimum Gasteiger partial charge on any atom is -0.495 e. The number of para-hydroxylation sites is 1. The van der Waals surface area contributed by atoms with Crippen molar-refractivity contribution >= 4 is 15.9 Å². The number of methoxy groups -OCH3 is 1. The lowest BCUT2D eigenvalue weighted by Gasteiger charge is -2.11. The Kier molecular flexibility index (Phi) is 5.03. The SMILES string of the molecule is COc1cc(COc2ccccc2CBr)ccc1C#N. The van der Waals surface area contributed by atoms with Crippen LogP contribution >= 0.6 is 15.9 Å². The van der Waals surface area contributed by atoms with Gasteiger partial charge in [-0.25, -0.2) is 0 Å². The van der Waals surface area contributed by atoms with Crippen molar-refractivity contribution in [2.45, 2.75) is 11.9 Å². The zero-order valence-electron chi connectivity index (χ0n) is 11.1. The molecule has 20 heavy (non-hydrogen) atoms. The third-order valence-corrected chi connectivity index (χ3v) is 3.50. The molecule has 2 aromatic rings. The molecular weight excluding hydrogens is 318 g/mol. The van der Waals surface area contributed by atoms with Gasteiger partial charge in [-0.3, -0.25) is 0 Å². The first-order chi connectivity index (χ1) is 9.78. The van der Waals surface area contributed by atoms with Crippen molar-refractivity contribution in [3.8, 4) is 17.6 Å². The Labute approximate surface area is 126 Å². The molecule has 3 nitrogen and oxygen atoms in total. The van der Waals surface area contributed by atoms with E-state index in [1.165, 1.54) is 0 Å². The molecule has 0 unspecified atom stereocenters. The monoisotopic (exact) mass is 331 g/mol. The van der Waals surface area contributed by atoms with Crippen LogP contribution in [0.5, 0.6) is 11.5 Å². The van der Waals surface area contributed by atoms with E-state index in [0.717, 1.165) is 22.2 Å². The number of nitrogens with zero attached hydrogens (tertiary/aromatic N) is 1. The summed E-state index contributed by atoms with van der Waals surface area (Å²) in [4.78, 5) is 0. The van der Waals surface area contributed by atoms with E-state index in [4.69, 9.17) is 14.7 Å². The summed E-state index contributed by atoms with van der Waals surface area (Å²) in [7, 11) is 1.56. The summed E-state index contributed by atoms with van der Waals surface area (Å²) in [6, 6.07) is 15.4. The molecule has 0 amide bonds. The molecule has 0 bridgehead atoms. The number of benzene rings is 2. The maximum absolute atomic E-state index is 8.95. The Morgan fingerprint density at radius 3 is 2.65 bits per heavy atom. The van der Waals surface area contributed by atoms with E-state index >= 15 is 0 Å². The molecule has 102 valence electrons. The van der Waals surface area contributed by atoms with E-state index in [1.54, 1.807) is 13.2 Å². The van der Waals surface area contributed by atoms with Gasteiger partial charge in [-0.2, -0.15) is 5.26 Å². The maximum atomic E-state index is 8.95. The van der Waals surface area contributed by atoms with Crippen LogP contribution in [0, 0.1) is 11.3 Å². The van der Waals surface area contributed by atoms with Crippen molar-refractivity contribution in [1.29, 1.82) is 5.26 Å². The van der Waals surface area contributed by atoms with Gasteiger partial charge in [0.15, 0.2) is 0 Å². The van der Waals surface area contributed by atoms with Gasteiger partial charge in [-0.15, -0.1) is 0 Å². The van der Waals surface area contributed by atoms with E-state index in [0.29, 0.717) is 17.9 Å². The number of rotatable bonds is 5. The molecule has 0 atom stereocenters. The number of hydrogen-bond donors (Lipinski definition) is 0. The Bertz CT molecular complexity index is 635. The van der Waals surface area contributed by atoms with Crippen molar-refractivity contribution in [2.24, 2.45) is 0 Å². The number of ether oxygens (including phenoxy) is 2. The fourth-order valence-electron chi connectivity index (χ4n) is 1.83. The topological polar surface area (TPSA) is 42.2 Å². The van der Waals surface area contributed by atoms with Crippen LogP contribution in [0.25, 0.3) is 0 Å². The van der Waals surface area contributed by atoms with Crippen LogP contribution in [0.15, 0.2) is 42.5 Å². The Morgan fingerprint density at radius 2 is 1.95 bits per heavy atom. The minimum atomic E-state index is 0.437. The average molecular weight is 332 g/mol. The first-order valence-corrected chi connectivity index (χ1v) is 7.24. The number of alkyl halides is 1. The first kappa shape index (κ1) is 14.4. The molecule has 0 fully saturated rings. The van der Waals surface area contributed by atoms with Gasteiger partial charge in [-0.05, 0) is 23.8 Å². The molecule has 2 aromatic carbocycles. The highest BCUT2D eigenvalue weighted by Crippen LogP contribution is 2.23. The molecule has 0 aliphatic carbocycles. The van der Waals surface area contributed by atoms with Gasteiger partial charge in [-0.1, -0.05) is 40.2 Å². The number of hydrogen-bond acceptors (Lipinski definition) is 3. The van der Waals surface area contributed by atoms with Gasteiger partial charge in [0.05, 0.1) is 12.7 Å². The van der Waals surface area contributed by atoms with Crippen LogP contribution in [0.2, 0.25) is 0 Å². The fraction of sp³-hybridized carbons (Fsp3) is 0.188. The van der Waals surface area contributed by atoms with Gasteiger partial charge in [0, 0.05) is 10.9 Å². The molecular formula is C16H14BrNO2. The number of nitriles is 1. The molecule has 0 saturated heterocycles. The van der Waals surface area contributed by atoms with Crippen molar-refractivity contribution in [1.82, 2.24) is 0 Å². The predicted molar refractivity (Wildman–Crippen MR) is 81.1 cm³/mol. The summed E-state index contributed by atoms with van der Waals surface area (Å²) in [6.45, 7) is 0.437. The Balaban J connectivity index is 2.13. The van der Waals surface area contributed by atoms with Crippen LogP contribution in [0.4, 0.5) is 0 Å². The van der Waals surface area contributed by atoms with Crippen LogP contribution in [-0.4, -0.2) is 7.11 Å². The summed E-state index contributed by atoms with van der Waals surface area (Å²) in [5, 5.41) is 9.70. The number of halogens is 1. The zero-order valence-corrected chi connectivity index (χ0v) is 12.7. The second-order valence-corrected chi connectivity index (χ2v) is 4.74. The third-order valence-electron chi connectivity index (χ3n) is 2.90. The molecule has 2 rings (SSSR count). The average Bonchev–Trinajstić information content (AvgIpc) is 2.52. The second-order valence-electron chi connectivity index (χ2n) is 4.18. The third kappa shape index (κ3) is 3.31. The molecule has 0 radical (unpaired) electrons. The van der Waals surface area contributed by atoms with Crippen LogP contribution in [0.1, 0.15) is 16.7 Å². The Morgan fingerprint density at radius 1 is 1.15 bits per heavy atom. The van der Waals surface area contributed by atoms with Gasteiger partial charge in [0.2, 0.25) is 0 Å². The van der Waals surface area contributed by atoms with Crippen molar-refractivity contribution in [2.75, 3.05) is 7.11 Å². The molecule has 0 N–H and O–H groups in total. The van der Waals surface area contributed by atoms with Gasteiger partial charge in [0.1, 0.15) is 24.2 Å². The summed E-state index contributed by atoms with van der Waals surface area (Å²) in [5.74, 6) is 1.43. The van der Waals surface area contributed by atoms with Crippen molar-refractivity contribution < 1.29 is 9.47 Å². The summed E-state index contributed by atoms with van der Waals surface area (Å²) >= 11 is 3.44. The Hall–Kier alpha value is -1.99. The quantitative estimate of drug-likeness (QED) is 0.776. The van der Waals surface area contributed by atoms with Crippen LogP contribution < -0.4 is 9.47 Å². The van der Waals surface area contributed by atoms with Crippen molar-refractivity contribution in [3.63, 3.8) is 0 Å². The van der Waals surface area contributed by atoms with E-state index < -0.39 is 0 Å². The smallest absolute Gasteiger partial charge is 0.137 e. The van der Waals surface area contributed by atoms with Crippen LogP contribution in [-0.2, 0) is 11.9 Å². The molecule has 0 heterocycles.